The minimum absolute atomic E-state index is 0. The molecule has 0 atom stereocenters. The molecule has 0 fully saturated rings. The van der Waals surface area contributed by atoms with Crippen molar-refractivity contribution in [1.82, 2.24) is 0 Å². The molecule has 0 bridgehead atoms. The molecule has 0 aliphatic carbocycles. The van der Waals surface area contributed by atoms with Gasteiger partial charge in [0, 0.05) is 0 Å². The third kappa shape index (κ3) is 8.82. The van der Waals surface area contributed by atoms with Gasteiger partial charge < -0.3 is 5.48 Å². The third-order valence-corrected chi connectivity index (χ3v) is 0. The van der Waals surface area contributed by atoms with Gasteiger partial charge in [0.2, 0.25) is 0 Å². The maximum Gasteiger partial charge on any atom is 3.00 e. The number of rotatable bonds is 0. The summed E-state index contributed by atoms with van der Waals surface area (Å²) in [5.41, 5.74) is 0. The van der Waals surface area contributed by atoms with Gasteiger partial charge in [-0.05, 0) is 0 Å². The normalized spacial score (nSPS) is 0. The molecule has 0 saturated carbocycles. The van der Waals surface area contributed by atoms with Gasteiger partial charge in [-0.2, -0.15) is 0 Å². The van der Waals surface area contributed by atoms with Gasteiger partial charge in [-0.3, -0.25) is 0 Å². The van der Waals surface area contributed by atoms with E-state index >= 15 is 0 Å². The average molecular weight is 269 g/mol. The van der Waals surface area contributed by atoms with Crippen molar-refractivity contribution in [3.63, 3.8) is 0 Å². The van der Waals surface area contributed by atoms with Crippen LogP contribution in [-0.2, 0) is 39.9 Å². The van der Waals surface area contributed by atoms with Crippen molar-refractivity contribution in [2.45, 2.75) is 0 Å². The zero-order valence-electron chi connectivity index (χ0n) is 1.83. The van der Waals surface area contributed by atoms with Crippen LogP contribution in [0.5, 0.6) is 0 Å². The first-order chi connectivity index (χ1) is 0. The molecular weight excluding hydrogens is 269 g/mol. The van der Waals surface area contributed by atoms with Gasteiger partial charge in [-0.1, -0.05) is 0 Å². The summed E-state index contributed by atoms with van der Waals surface area (Å²) < 4.78 is 0. The van der Waals surface area contributed by atoms with Crippen LogP contribution in [0.3, 0.4) is 0 Å². The molecule has 0 aromatic rings. The molecule has 20 valence electrons. The fourth-order valence-corrected chi connectivity index (χ4v) is 0. The summed E-state index contributed by atoms with van der Waals surface area (Å²) in [6, 6.07) is 0. The van der Waals surface area contributed by atoms with Gasteiger partial charge in [0.1, 0.15) is 0 Å². The van der Waals surface area contributed by atoms with E-state index in [0.717, 1.165) is 0 Å². The van der Waals surface area contributed by atoms with E-state index in [1.165, 1.54) is 0 Å². The Morgan fingerprint density at radius 2 is 1.00 bits per heavy atom. The van der Waals surface area contributed by atoms with Crippen LogP contribution in [0.4, 0.5) is 0 Å². The van der Waals surface area contributed by atoms with E-state index in [2.05, 4.69) is 0 Å². The van der Waals surface area contributed by atoms with E-state index < -0.39 is 0 Å². The summed E-state index contributed by atoms with van der Waals surface area (Å²) in [4.78, 5) is 0. The number of hydrogen-bond acceptors (Lipinski definition) is 0. The molecule has 0 heterocycles. The van der Waals surface area contributed by atoms with Gasteiger partial charge in [0.15, 0.2) is 0 Å². The van der Waals surface area contributed by atoms with Crippen LogP contribution in [0.1, 0.15) is 0 Å². The maximum absolute atomic E-state index is 0. The second-order valence-electron chi connectivity index (χ2n) is 0. The summed E-state index contributed by atoms with van der Waals surface area (Å²) in [5, 5.41) is 0. The predicted molar refractivity (Wildman–Crippen MR) is 6.44 cm³/mol. The van der Waals surface area contributed by atoms with Crippen LogP contribution < -0.4 is 0 Å². The van der Waals surface area contributed by atoms with Crippen LogP contribution >= 0.6 is 0 Å². The van der Waals surface area contributed by atoms with Crippen LogP contribution in [0.25, 0.3) is 0 Å². The topological polar surface area (TPSA) is 28.5 Å². The molecule has 0 aliphatic heterocycles. The van der Waals surface area contributed by atoms with Crippen molar-refractivity contribution in [2.24, 2.45) is 0 Å². The first-order valence-corrected chi connectivity index (χ1v) is 0. The predicted octanol–water partition coefficient (Wildman–Crippen LogP) is -0.505. The summed E-state index contributed by atoms with van der Waals surface area (Å²) in [6.07, 6.45) is 0. The molecule has 0 amide bonds. The molecule has 0 N–H and O–H groups in total. The molecule has 0 aromatic heterocycles. The Kier molecular flexibility index (Phi) is 135. The molecule has 4 heavy (non-hydrogen) atoms. The van der Waals surface area contributed by atoms with E-state index in [9.17, 15) is 0 Å². The standard InChI is InChI=1S/Ba.Cr.Cu.O/q+2;+3;+2;-2. The summed E-state index contributed by atoms with van der Waals surface area (Å²) in [6.45, 7) is 0. The Hall–Kier alpha value is 2.58. The van der Waals surface area contributed by atoms with Gasteiger partial charge in [-0.15, -0.1) is 0 Å². The molecule has 1 nitrogen and oxygen atoms in total. The SMILES string of the molecule is [Ba+2].[Cr+3].[Cu+2].[O-2]. The Morgan fingerprint density at radius 1 is 1.00 bits per heavy atom. The van der Waals surface area contributed by atoms with Crippen LogP contribution in [-0.4, -0.2) is 48.9 Å². The van der Waals surface area contributed by atoms with Gasteiger partial charge in [0.05, 0.1) is 0 Å². The molecule has 4 heteroatoms. The fraction of sp³-hybridized carbons (Fsp3) is 0. The van der Waals surface area contributed by atoms with E-state index in [1.54, 1.807) is 0 Å². The van der Waals surface area contributed by atoms with Crippen molar-refractivity contribution in [2.75, 3.05) is 0 Å². The first-order valence-electron chi connectivity index (χ1n) is 0. The average Bonchev–Trinajstić information content (AvgIpc) is 0. The van der Waals surface area contributed by atoms with Crippen molar-refractivity contribution in [1.29, 1.82) is 0 Å². The molecular formula is BaCrCuO+5. The first kappa shape index (κ1) is 30.8. The zero-order valence-corrected chi connectivity index (χ0v) is 8.48. The Bertz CT molecular complexity index is 8.00. The van der Waals surface area contributed by atoms with Crippen molar-refractivity contribution in [3.05, 3.63) is 0 Å². The van der Waals surface area contributed by atoms with Crippen LogP contribution in [0, 0.1) is 0 Å². The fourth-order valence-electron chi connectivity index (χ4n) is 0. The van der Waals surface area contributed by atoms with E-state index in [4.69, 9.17) is 0 Å². The van der Waals surface area contributed by atoms with Gasteiger partial charge in [-0.25, -0.2) is 0 Å². The monoisotopic (exact) mass is 269 g/mol. The Morgan fingerprint density at radius 3 is 1.00 bits per heavy atom. The largest absolute Gasteiger partial charge is 3.00 e. The minimum atomic E-state index is 0. The second-order valence-corrected chi connectivity index (χ2v) is 0. The van der Waals surface area contributed by atoms with Crippen molar-refractivity contribution < 1.29 is 39.9 Å². The smallest absolute Gasteiger partial charge is 2.00 e. The molecule has 0 unspecified atom stereocenters. The van der Waals surface area contributed by atoms with Crippen molar-refractivity contribution in [3.8, 4) is 0 Å². The minimum Gasteiger partial charge on any atom is -2.00 e. The molecule has 0 rings (SSSR count). The zero-order chi connectivity index (χ0) is 0. The quantitative estimate of drug-likeness (QED) is 0.530. The van der Waals surface area contributed by atoms with E-state index in [-0.39, 0.29) is 88.8 Å². The summed E-state index contributed by atoms with van der Waals surface area (Å²) >= 11 is 0. The summed E-state index contributed by atoms with van der Waals surface area (Å²) in [7, 11) is 0. The Labute approximate surface area is 86.9 Å². The van der Waals surface area contributed by atoms with E-state index in [0.29, 0.717) is 0 Å². The summed E-state index contributed by atoms with van der Waals surface area (Å²) in [5.74, 6) is 0. The molecule has 0 aromatic carbocycles. The maximum atomic E-state index is 0. The van der Waals surface area contributed by atoms with Gasteiger partial charge in [0.25, 0.3) is 0 Å². The molecule has 0 spiro atoms. The van der Waals surface area contributed by atoms with Crippen LogP contribution in [0.2, 0.25) is 0 Å². The van der Waals surface area contributed by atoms with Gasteiger partial charge >= 0.3 is 83.3 Å². The van der Waals surface area contributed by atoms with E-state index in [1.807, 2.05) is 0 Å². The number of hydrogen-bond donors (Lipinski definition) is 0. The molecule has 0 saturated heterocycles. The van der Waals surface area contributed by atoms with Crippen LogP contribution in [0.15, 0.2) is 0 Å². The third-order valence-electron chi connectivity index (χ3n) is 0. The Balaban J connectivity index is 0. The molecule has 2 radical (unpaired) electrons. The second kappa shape index (κ2) is 17.6. The molecule has 0 aliphatic rings. The van der Waals surface area contributed by atoms with Crippen molar-refractivity contribution >= 4 is 48.9 Å².